The van der Waals surface area contributed by atoms with E-state index in [0.717, 1.165) is 25.1 Å². The predicted molar refractivity (Wildman–Crippen MR) is 146 cm³/mol. The molecule has 1 unspecified atom stereocenters. The molecule has 0 bridgehead atoms. The molecule has 0 spiro atoms. The Labute approximate surface area is 223 Å². The lowest BCUT2D eigenvalue weighted by Crippen LogP contribution is -2.29. The maximum atomic E-state index is 12.6. The molecule has 38 heavy (non-hydrogen) atoms. The summed E-state index contributed by atoms with van der Waals surface area (Å²) in [5, 5.41) is 9.50. The van der Waals surface area contributed by atoms with Crippen LogP contribution in [0.3, 0.4) is 0 Å². The second kappa shape index (κ2) is 11.8. The molecular formula is C29H37N5O4. The second-order valence-corrected chi connectivity index (χ2v) is 11.1. The van der Waals surface area contributed by atoms with Crippen molar-refractivity contribution in [2.45, 2.75) is 58.9 Å². The fourth-order valence-corrected chi connectivity index (χ4v) is 4.24. The summed E-state index contributed by atoms with van der Waals surface area (Å²) < 4.78 is 11.2. The second-order valence-electron chi connectivity index (χ2n) is 11.1. The fraction of sp³-hybridized carbons (Fsp3) is 0.448. The number of hydrogen-bond acceptors (Lipinski definition) is 7. The zero-order valence-electron chi connectivity index (χ0n) is 22.8. The van der Waals surface area contributed by atoms with Gasteiger partial charge in [-0.25, -0.2) is 4.98 Å². The summed E-state index contributed by atoms with van der Waals surface area (Å²) in [7, 11) is 0. The summed E-state index contributed by atoms with van der Waals surface area (Å²) in [5.74, 6) is 1.75. The molecule has 4 rings (SSSR count). The summed E-state index contributed by atoms with van der Waals surface area (Å²) in [4.78, 5) is 31.7. The number of carbonyl (C=O) groups is 2. The number of rotatable bonds is 9. The number of hydrogen-bond donors (Lipinski definition) is 2. The van der Waals surface area contributed by atoms with Crippen LogP contribution in [0.25, 0.3) is 0 Å². The van der Waals surface area contributed by atoms with Gasteiger partial charge in [0, 0.05) is 35.7 Å². The predicted octanol–water partition coefficient (Wildman–Crippen LogP) is 4.91. The molecule has 2 amide bonds. The van der Waals surface area contributed by atoms with Crippen molar-refractivity contribution in [3.8, 4) is 5.75 Å². The third-order valence-electron chi connectivity index (χ3n) is 6.60. The standard InChI is InChI=1S/C29H37N5O4/c1-19(2)34-13-12-21(17-34)18-37-23-10-11-24(30-16-23)28(36)31-22-8-6-20(7-9-22)14-27(35)32-26-15-25(38-33-26)29(3,4)5/h6-11,15-16,19,21H,12-14,17-18H2,1-5H3,(H,31,36)(H,32,33,35). The van der Waals surface area contributed by atoms with Crippen LogP contribution in [0, 0.1) is 5.92 Å². The Balaban J connectivity index is 1.23. The zero-order valence-corrected chi connectivity index (χ0v) is 22.8. The highest BCUT2D eigenvalue weighted by Crippen LogP contribution is 2.24. The Bertz CT molecular complexity index is 1230. The topological polar surface area (TPSA) is 110 Å². The number of nitrogens with zero attached hydrogens (tertiary/aromatic N) is 3. The highest BCUT2D eigenvalue weighted by atomic mass is 16.5. The van der Waals surface area contributed by atoms with E-state index in [0.29, 0.717) is 47.3 Å². The molecule has 1 aliphatic rings. The minimum Gasteiger partial charge on any atom is -0.492 e. The van der Waals surface area contributed by atoms with Crippen molar-refractivity contribution in [1.29, 1.82) is 0 Å². The van der Waals surface area contributed by atoms with Crippen molar-refractivity contribution >= 4 is 23.3 Å². The monoisotopic (exact) mass is 519 g/mol. The van der Waals surface area contributed by atoms with Crippen molar-refractivity contribution in [2.75, 3.05) is 30.3 Å². The van der Waals surface area contributed by atoms with Crippen LogP contribution < -0.4 is 15.4 Å². The maximum Gasteiger partial charge on any atom is 0.274 e. The van der Waals surface area contributed by atoms with Gasteiger partial charge in [-0.05, 0) is 56.6 Å². The summed E-state index contributed by atoms with van der Waals surface area (Å²) in [5.41, 5.74) is 1.53. The van der Waals surface area contributed by atoms with Crippen LogP contribution in [-0.4, -0.2) is 52.6 Å². The molecule has 2 aromatic heterocycles. The Kier molecular flexibility index (Phi) is 8.46. The molecule has 1 aromatic carbocycles. The van der Waals surface area contributed by atoms with Gasteiger partial charge in [0.05, 0.1) is 19.2 Å². The molecule has 0 aliphatic carbocycles. The molecule has 9 nitrogen and oxygen atoms in total. The van der Waals surface area contributed by atoms with Crippen LogP contribution in [0.2, 0.25) is 0 Å². The first-order valence-corrected chi connectivity index (χ1v) is 13.1. The van der Waals surface area contributed by atoms with Gasteiger partial charge in [-0.15, -0.1) is 0 Å². The van der Waals surface area contributed by atoms with Crippen LogP contribution in [0.4, 0.5) is 11.5 Å². The molecule has 3 heterocycles. The van der Waals surface area contributed by atoms with Crippen LogP contribution in [0.15, 0.2) is 53.2 Å². The van der Waals surface area contributed by atoms with E-state index < -0.39 is 0 Å². The van der Waals surface area contributed by atoms with E-state index in [9.17, 15) is 9.59 Å². The minimum atomic E-state index is -0.314. The van der Waals surface area contributed by atoms with Gasteiger partial charge < -0.3 is 24.8 Å². The normalized spacial score (nSPS) is 16.0. The van der Waals surface area contributed by atoms with E-state index in [-0.39, 0.29) is 23.7 Å². The van der Waals surface area contributed by atoms with Crippen LogP contribution in [-0.2, 0) is 16.6 Å². The number of pyridine rings is 1. The maximum absolute atomic E-state index is 12.6. The van der Waals surface area contributed by atoms with Gasteiger partial charge in [0.25, 0.3) is 5.91 Å². The van der Waals surface area contributed by atoms with Crippen molar-refractivity contribution < 1.29 is 18.8 Å². The number of amides is 2. The van der Waals surface area contributed by atoms with E-state index in [1.165, 1.54) is 0 Å². The third kappa shape index (κ3) is 7.41. The summed E-state index contributed by atoms with van der Waals surface area (Å²) in [6.45, 7) is 13.3. The Morgan fingerprint density at radius 1 is 1.13 bits per heavy atom. The average Bonchev–Trinajstić information content (AvgIpc) is 3.54. The first kappa shape index (κ1) is 27.3. The Morgan fingerprint density at radius 2 is 1.89 bits per heavy atom. The summed E-state index contributed by atoms with van der Waals surface area (Å²) in [6.07, 6.45) is 2.89. The van der Waals surface area contributed by atoms with Gasteiger partial charge in [0.15, 0.2) is 5.82 Å². The molecular weight excluding hydrogens is 482 g/mol. The summed E-state index contributed by atoms with van der Waals surface area (Å²) in [6, 6.07) is 12.8. The lowest BCUT2D eigenvalue weighted by Gasteiger charge is -2.20. The highest BCUT2D eigenvalue weighted by Gasteiger charge is 2.24. The van der Waals surface area contributed by atoms with E-state index >= 15 is 0 Å². The lowest BCUT2D eigenvalue weighted by molar-refractivity contribution is -0.115. The third-order valence-corrected chi connectivity index (χ3v) is 6.60. The quantitative estimate of drug-likeness (QED) is 0.413. The molecule has 9 heteroatoms. The number of anilines is 2. The average molecular weight is 520 g/mol. The number of aromatic nitrogens is 2. The van der Waals surface area contributed by atoms with E-state index in [1.807, 2.05) is 20.8 Å². The number of carbonyl (C=O) groups excluding carboxylic acids is 2. The van der Waals surface area contributed by atoms with Gasteiger partial charge >= 0.3 is 0 Å². The molecule has 202 valence electrons. The number of likely N-dealkylation sites (tertiary alicyclic amines) is 1. The van der Waals surface area contributed by atoms with Gasteiger partial charge in [0.1, 0.15) is 17.2 Å². The molecule has 1 fully saturated rings. The van der Waals surface area contributed by atoms with Gasteiger partial charge in [0.2, 0.25) is 5.91 Å². The van der Waals surface area contributed by atoms with Gasteiger partial charge in [-0.1, -0.05) is 38.1 Å². The van der Waals surface area contributed by atoms with Crippen LogP contribution >= 0.6 is 0 Å². The van der Waals surface area contributed by atoms with Crippen molar-refractivity contribution in [1.82, 2.24) is 15.0 Å². The van der Waals surface area contributed by atoms with Gasteiger partial charge in [-0.3, -0.25) is 9.59 Å². The molecule has 2 N–H and O–H groups in total. The molecule has 1 saturated heterocycles. The van der Waals surface area contributed by atoms with E-state index in [4.69, 9.17) is 9.26 Å². The zero-order chi connectivity index (χ0) is 27.3. The van der Waals surface area contributed by atoms with Crippen LogP contribution in [0.1, 0.15) is 62.9 Å². The van der Waals surface area contributed by atoms with E-state index in [1.54, 1.807) is 48.7 Å². The van der Waals surface area contributed by atoms with E-state index in [2.05, 4.69) is 39.5 Å². The highest BCUT2D eigenvalue weighted by molar-refractivity contribution is 6.02. The number of benzene rings is 1. The summed E-state index contributed by atoms with van der Waals surface area (Å²) >= 11 is 0. The Morgan fingerprint density at radius 3 is 2.50 bits per heavy atom. The first-order valence-electron chi connectivity index (χ1n) is 13.1. The SMILES string of the molecule is CC(C)N1CCC(COc2ccc(C(=O)Nc3ccc(CC(=O)Nc4cc(C(C)(C)C)on4)cc3)nc2)C1. The number of nitrogens with one attached hydrogen (secondary N) is 2. The molecule has 3 aromatic rings. The Hall–Kier alpha value is -3.72. The van der Waals surface area contributed by atoms with Crippen molar-refractivity contribution in [3.63, 3.8) is 0 Å². The minimum absolute atomic E-state index is 0.172. The molecule has 0 radical (unpaired) electrons. The molecule has 1 atom stereocenters. The van der Waals surface area contributed by atoms with Gasteiger partial charge in [-0.2, -0.15) is 0 Å². The van der Waals surface area contributed by atoms with Crippen molar-refractivity contribution in [3.05, 3.63) is 65.7 Å². The first-order chi connectivity index (χ1) is 18.1. The molecule has 1 aliphatic heterocycles. The molecule has 0 saturated carbocycles. The lowest BCUT2D eigenvalue weighted by atomic mass is 9.93. The largest absolute Gasteiger partial charge is 0.492 e. The number of ether oxygens (including phenoxy) is 1. The van der Waals surface area contributed by atoms with Crippen molar-refractivity contribution in [2.24, 2.45) is 5.92 Å². The van der Waals surface area contributed by atoms with Crippen LogP contribution in [0.5, 0.6) is 5.75 Å². The smallest absolute Gasteiger partial charge is 0.274 e. The fourth-order valence-electron chi connectivity index (χ4n) is 4.24.